The zero-order chi connectivity index (χ0) is 17.5. The minimum Gasteiger partial charge on any atom is -0.378 e. The first-order valence-electron chi connectivity index (χ1n) is 7.19. The monoisotopic (exact) mass is 351 g/mol. The van der Waals surface area contributed by atoms with E-state index in [9.17, 15) is 19.3 Å². The van der Waals surface area contributed by atoms with E-state index in [4.69, 9.17) is 11.6 Å². The number of nitrogens with zero attached hydrogens (tertiary/aromatic N) is 1. The Morgan fingerprint density at radius 3 is 2.54 bits per heavy atom. The lowest BCUT2D eigenvalue weighted by atomic mass is 10.2. The molecule has 2 aromatic rings. The minimum absolute atomic E-state index is 0.0992. The number of amides is 1. The number of anilines is 1. The molecule has 0 aliphatic carbocycles. The molecule has 126 valence electrons. The molecule has 0 bridgehead atoms. The summed E-state index contributed by atoms with van der Waals surface area (Å²) in [5.41, 5.74) is 0.526. The largest absolute Gasteiger partial charge is 0.378 e. The highest BCUT2D eigenvalue weighted by molar-refractivity contribution is 6.33. The number of benzene rings is 2. The molecular formula is C16H15ClFN3O3. The number of rotatable bonds is 7. The number of carbonyl (C=O) groups is 1. The molecule has 0 saturated heterocycles. The van der Waals surface area contributed by atoms with Crippen molar-refractivity contribution in [2.45, 2.75) is 6.42 Å². The van der Waals surface area contributed by atoms with Crippen LogP contribution in [0.25, 0.3) is 0 Å². The third kappa shape index (κ3) is 4.66. The molecule has 0 aliphatic heterocycles. The summed E-state index contributed by atoms with van der Waals surface area (Å²) < 4.78 is 12.8. The lowest BCUT2D eigenvalue weighted by Crippen LogP contribution is -2.25. The number of carbonyl (C=O) groups excluding carboxylic acids is 1. The van der Waals surface area contributed by atoms with Crippen molar-refractivity contribution in [3.8, 4) is 0 Å². The van der Waals surface area contributed by atoms with Crippen molar-refractivity contribution in [1.29, 1.82) is 0 Å². The standard InChI is InChI=1S/C16H15ClFN3O3/c17-13-3-1-4-14(21(23)24)15(13)19-9-2-10-20-16(22)11-5-7-12(18)8-6-11/h1,3-8,19H,2,9-10H2,(H,20,22). The smallest absolute Gasteiger partial charge is 0.293 e. The molecule has 0 aromatic heterocycles. The van der Waals surface area contributed by atoms with E-state index >= 15 is 0 Å². The molecule has 0 heterocycles. The van der Waals surface area contributed by atoms with Crippen molar-refractivity contribution in [2.24, 2.45) is 0 Å². The molecule has 8 heteroatoms. The van der Waals surface area contributed by atoms with Gasteiger partial charge in [-0.05, 0) is 36.8 Å². The van der Waals surface area contributed by atoms with Gasteiger partial charge in [0.15, 0.2) is 0 Å². The highest BCUT2D eigenvalue weighted by Gasteiger charge is 2.15. The van der Waals surface area contributed by atoms with Gasteiger partial charge in [0.1, 0.15) is 11.5 Å². The van der Waals surface area contributed by atoms with Crippen LogP contribution in [0.5, 0.6) is 0 Å². The zero-order valence-electron chi connectivity index (χ0n) is 12.6. The molecule has 24 heavy (non-hydrogen) atoms. The summed E-state index contributed by atoms with van der Waals surface area (Å²) in [6, 6.07) is 9.67. The summed E-state index contributed by atoms with van der Waals surface area (Å²) in [5.74, 6) is -0.712. The number of halogens is 2. The maximum atomic E-state index is 12.8. The lowest BCUT2D eigenvalue weighted by Gasteiger charge is -2.09. The molecular weight excluding hydrogens is 337 g/mol. The van der Waals surface area contributed by atoms with E-state index in [-0.39, 0.29) is 22.3 Å². The van der Waals surface area contributed by atoms with E-state index in [1.807, 2.05) is 0 Å². The lowest BCUT2D eigenvalue weighted by molar-refractivity contribution is -0.383. The Hall–Kier alpha value is -2.67. The first-order valence-corrected chi connectivity index (χ1v) is 7.57. The van der Waals surface area contributed by atoms with Gasteiger partial charge < -0.3 is 10.6 Å². The van der Waals surface area contributed by atoms with E-state index in [1.165, 1.54) is 36.4 Å². The van der Waals surface area contributed by atoms with Crippen molar-refractivity contribution in [3.63, 3.8) is 0 Å². The number of hydrogen-bond donors (Lipinski definition) is 2. The van der Waals surface area contributed by atoms with Gasteiger partial charge in [-0.25, -0.2) is 4.39 Å². The van der Waals surface area contributed by atoms with Crippen LogP contribution in [-0.2, 0) is 0 Å². The Morgan fingerprint density at radius 1 is 1.17 bits per heavy atom. The molecule has 0 spiro atoms. The molecule has 0 saturated carbocycles. The van der Waals surface area contributed by atoms with Crippen LogP contribution in [0, 0.1) is 15.9 Å². The number of para-hydroxylation sites is 1. The fraction of sp³-hybridized carbons (Fsp3) is 0.188. The van der Waals surface area contributed by atoms with Gasteiger partial charge >= 0.3 is 0 Å². The predicted molar refractivity (Wildman–Crippen MR) is 89.9 cm³/mol. The van der Waals surface area contributed by atoms with Crippen molar-refractivity contribution in [3.05, 3.63) is 69.0 Å². The predicted octanol–water partition coefficient (Wildman–Crippen LogP) is 3.62. The highest BCUT2D eigenvalue weighted by atomic mass is 35.5. The first-order chi connectivity index (χ1) is 11.5. The molecule has 0 radical (unpaired) electrons. The van der Waals surface area contributed by atoms with E-state index in [2.05, 4.69) is 10.6 Å². The van der Waals surface area contributed by atoms with Crippen molar-refractivity contribution >= 4 is 28.9 Å². The molecule has 2 aromatic carbocycles. The van der Waals surface area contributed by atoms with Gasteiger partial charge in [-0.15, -0.1) is 0 Å². The van der Waals surface area contributed by atoms with Crippen LogP contribution in [0.2, 0.25) is 5.02 Å². The third-order valence-electron chi connectivity index (χ3n) is 3.24. The van der Waals surface area contributed by atoms with Crippen LogP contribution < -0.4 is 10.6 Å². The Labute approximate surface area is 142 Å². The SMILES string of the molecule is O=C(NCCCNc1c(Cl)cccc1[N+](=O)[O-])c1ccc(F)cc1. The van der Waals surface area contributed by atoms with Gasteiger partial charge in [0.2, 0.25) is 0 Å². The van der Waals surface area contributed by atoms with Crippen molar-refractivity contribution in [2.75, 3.05) is 18.4 Å². The molecule has 0 aliphatic rings. The number of nitro benzene ring substituents is 1. The number of nitro groups is 1. The van der Waals surface area contributed by atoms with Crippen LogP contribution in [0.3, 0.4) is 0 Å². The summed E-state index contributed by atoms with van der Waals surface area (Å²) in [4.78, 5) is 22.3. The average Bonchev–Trinajstić information content (AvgIpc) is 2.56. The van der Waals surface area contributed by atoms with E-state index in [1.54, 1.807) is 6.07 Å². The van der Waals surface area contributed by atoms with Gasteiger partial charge in [-0.1, -0.05) is 17.7 Å². The zero-order valence-corrected chi connectivity index (χ0v) is 13.3. The van der Waals surface area contributed by atoms with Crippen LogP contribution in [-0.4, -0.2) is 23.9 Å². The molecule has 0 atom stereocenters. The van der Waals surface area contributed by atoms with Crippen LogP contribution in [0.4, 0.5) is 15.8 Å². The number of nitrogens with one attached hydrogen (secondary N) is 2. The normalized spacial score (nSPS) is 10.2. The molecule has 0 fully saturated rings. The molecule has 2 rings (SSSR count). The van der Waals surface area contributed by atoms with E-state index in [0.717, 1.165) is 0 Å². The second-order valence-corrected chi connectivity index (χ2v) is 5.34. The molecule has 0 unspecified atom stereocenters. The van der Waals surface area contributed by atoms with Crippen molar-refractivity contribution < 1.29 is 14.1 Å². The summed E-state index contributed by atoms with van der Waals surface area (Å²) >= 11 is 5.96. The average molecular weight is 352 g/mol. The summed E-state index contributed by atoms with van der Waals surface area (Å²) in [5, 5.41) is 16.8. The van der Waals surface area contributed by atoms with Crippen LogP contribution in [0.1, 0.15) is 16.8 Å². The summed E-state index contributed by atoms with van der Waals surface area (Å²) in [6.07, 6.45) is 0.537. The van der Waals surface area contributed by atoms with Gasteiger partial charge in [-0.2, -0.15) is 0 Å². The Morgan fingerprint density at radius 2 is 1.88 bits per heavy atom. The maximum absolute atomic E-state index is 12.8. The summed E-state index contributed by atoms with van der Waals surface area (Å²) in [7, 11) is 0. The van der Waals surface area contributed by atoms with Gasteiger partial charge in [0.25, 0.3) is 11.6 Å². The van der Waals surface area contributed by atoms with Crippen molar-refractivity contribution in [1.82, 2.24) is 5.32 Å². The Balaban J connectivity index is 1.80. The quantitative estimate of drug-likeness (QED) is 0.453. The Kier molecular flexibility index (Phi) is 6.08. The van der Waals surface area contributed by atoms with Gasteiger partial charge in [0.05, 0.1) is 9.95 Å². The molecule has 1 amide bonds. The van der Waals surface area contributed by atoms with E-state index in [0.29, 0.717) is 25.1 Å². The second kappa shape index (κ2) is 8.26. The topological polar surface area (TPSA) is 84.3 Å². The van der Waals surface area contributed by atoms with Crippen LogP contribution >= 0.6 is 11.6 Å². The Bertz CT molecular complexity index is 738. The number of hydrogen-bond acceptors (Lipinski definition) is 4. The molecule has 2 N–H and O–H groups in total. The highest BCUT2D eigenvalue weighted by Crippen LogP contribution is 2.31. The van der Waals surface area contributed by atoms with Gasteiger partial charge in [0, 0.05) is 24.7 Å². The minimum atomic E-state index is -0.509. The van der Waals surface area contributed by atoms with E-state index < -0.39 is 10.7 Å². The maximum Gasteiger partial charge on any atom is 0.293 e. The van der Waals surface area contributed by atoms with Crippen LogP contribution in [0.15, 0.2) is 42.5 Å². The fourth-order valence-corrected chi connectivity index (χ4v) is 2.28. The first kappa shape index (κ1) is 17.7. The third-order valence-corrected chi connectivity index (χ3v) is 3.55. The fourth-order valence-electron chi connectivity index (χ4n) is 2.05. The summed E-state index contributed by atoms with van der Waals surface area (Å²) in [6.45, 7) is 0.760. The van der Waals surface area contributed by atoms with Gasteiger partial charge in [-0.3, -0.25) is 14.9 Å². The molecule has 6 nitrogen and oxygen atoms in total. The second-order valence-electron chi connectivity index (χ2n) is 4.93.